The highest BCUT2D eigenvalue weighted by molar-refractivity contribution is 5.90. The molecule has 13 heteroatoms. The van der Waals surface area contributed by atoms with Crippen LogP contribution in [0.2, 0.25) is 0 Å². The molecule has 3 aromatic heterocycles. The molecule has 1 saturated carbocycles. The summed E-state index contributed by atoms with van der Waals surface area (Å²) >= 11 is 0. The number of aromatic nitrogens is 5. The molecule has 1 atom stereocenters. The summed E-state index contributed by atoms with van der Waals surface area (Å²) < 4.78 is 40.1. The SMILES string of the molecule is C[C@@H](NC(=O)N1CCN(C2CC(CC#N)(n3cc(-c4ncnc5[nH]ccc45)cn3)C2)CC1)C(F)(F)F. The van der Waals surface area contributed by atoms with Crippen molar-refractivity contribution in [2.45, 2.75) is 50.0 Å². The molecule has 0 unspecified atom stereocenters. The summed E-state index contributed by atoms with van der Waals surface area (Å²) in [6, 6.07) is 1.83. The zero-order valence-corrected chi connectivity index (χ0v) is 19.7. The maximum absolute atomic E-state index is 12.7. The lowest BCUT2D eigenvalue weighted by molar-refractivity contribution is -0.149. The number of aromatic amines is 1. The molecule has 2 fully saturated rings. The summed E-state index contributed by atoms with van der Waals surface area (Å²) in [5.74, 6) is 0. The summed E-state index contributed by atoms with van der Waals surface area (Å²) in [6.45, 7) is 2.77. The van der Waals surface area contributed by atoms with Crippen LogP contribution >= 0.6 is 0 Å². The average Bonchev–Trinajstić information content (AvgIpc) is 3.50. The molecular weight excluding hydrogens is 475 g/mol. The number of piperazine rings is 1. The van der Waals surface area contributed by atoms with Gasteiger partial charge in [-0.1, -0.05) is 0 Å². The number of nitrogens with one attached hydrogen (secondary N) is 2. The van der Waals surface area contributed by atoms with Gasteiger partial charge in [-0.25, -0.2) is 14.8 Å². The van der Waals surface area contributed by atoms with Gasteiger partial charge in [0, 0.05) is 55.6 Å². The van der Waals surface area contributed by atoms with Crippen LogP contribution in [0.15, 0.2) is 31.0 Å². The third kappa shape index (κ3) is 4.37. The third-order valence-corrected chi connectivity index (χ3v) is 7.28. The molecule has 0 bridgehead atoms. The summed E-state index contributed by atoms with van der Waals surface area (Å²) in [6.07, 6.45) is 4.27. The summed E-state index contributed by atoms with van der Waals surface area (Å²) in [4.78, 5) is 27.6. The van der Waals surface area contributed by atoms with Crippen molar-refractivity contribution in [3.63, 3.8) is 0 Å². The highest BCUT2D eigenvalue weighted by Crippen LogP contribution is 2.45. The molecule has 2 aliphatic rings. The zero-order chi connectivity index (χ0) is 25.5. The van der Waals surface area contributed by atoms with E-state index in [1.54, 1.807) is 12.4 Å². The Morgan fingerprint density at radius 1 is 1.31 bits per heavy atom. The summed E-state index contributed by atoms with van der Waals surface area (Å²) in [7, 11) is 0. The van der Waals surface area contributed by atoms with Gasteiger partial charge in [-0.15, -0.1) is 0 Å². The Morgan fingerprint density at radius 2 is 2.06 bits per heavy atom. The van der Waals surface area contributed by atoms with Gasteiger partial charge in [-0.05, 0) is 25.8 Å². The van der Waals surface area contributed by atoms with Crippen LogP contribution in [0.1, 0.15) is 26.2 Å². The van der Waals surface area contributed by atoms with E-state index in [0.29, 0.717) is 32.6 Å². The van der Waals surface area contributed by atoms with Crippen molar-refractivity contribution in [3.05, 3.63) is 31.0 Å². The molecule has 1 saturated heterocycles. The largest absolute Gasteiger partial charge is 0.408 e. The fourth-order valence-electron chi connectivity index (χ4n) is 5.09. The fourth-order valence-corrected chi connectivity index (χ4v) is 5.09. The Balaban J connectivity index is 1.22. The van der Waals surface area contributed by atoms with Crippen molar-refractivity contribution < 1.29 is 18.0 Å². The Hall–Kier alpha value is -3.66. The van der Waals surface area contributed by atoms with Gasteiger partial charge >= 0.3 is 12.2 Å². The van der Waals surface area contributed by atoms with E-state index in [1.807, 2.05) is 22.3 Å². The Morgan fingerprint density at radius 3 is 2.75 bits per heavy atom. The van der Waals surface area contributed by atoms with Gasteiger partial charge in [0.15, 0.2) is 0 Å². The van der Waals surface area contributed by atoms with Crippen molar-refractivity contribution in [3.8, 4) is 17.3 Å². The molecule has 0 radical (unpaired) electrons. The van der Waals surface area contributed by atoms with Crippen molar-refractivity contribution in [2.24, 2.45) is 0 Å². The molecule has 3 aromatic rings. The van der Waals surface area contributed by atoms with E-state index in [4.69, 9.17) is 0 Å². The topological polar surface area (TPSA) is 119 Å². The average molecular weight is 502 g/mol. The van der Waals surface area contributed by atoms with E-state index in [-0.39, 0.29) is 6.04 Å². The number of rotatable bonds is 5. The number of amides is 2. The number of halogens is 3. The highest BCUT2D eigenvalue weighted by Gasteiger charge is 2.49. The van der Waals surface area contributed by atoms with Gasteiger partial charge in [-0.2, -0.15) is 23.5 Å². The summed E-state index contributed by atoms with van der Waals surface area (Å²) in [5, 5.41) is 17.0. The van der Waals surface area contributed by atoms with E-state index in [9.17, 15) is 23.2 Å². The van der Waals surface area contributed by atoms with Crippen LogP contribution in [-0.4, -0.2) is 85.0 Å². The first-order chi connectivity index (χ1) is 17.2. The number of carbonyl (C=O) groups is 1. The smallest absolute Gasteiger partial charge is 0.346 e. The van der Waals surface area contributed by atoms with E-state index in [0.717, 1.165) is 42.1 Å². The van der Waals surface area contributed by atoms with Gasteiger partial charge < -0.3 is 15.2 Å². The molecule has 36 heavy (non-hydrogen) atoms. The molecule has 2 amide bonds. The molecule has 0 spiro atoms. The van der Waals surface area contributed by atoms with Gasteiger partial charge in [-0.3, -0.25) is 9.58 Å². The van der Waals surface area contributed by atoms with Crippen molar-refractivity contribution in [2.75, 3.05) is 26.2 Å². The van der Waals surface area contributed by atoms with Crippen LogP contribution in [0, 0.1) is 11.3 Å². The fraction of sp³-hybridized carbons (Fsp3) is 0.522. The normalized spacial score (nSPS) is 23.8. The lowest BCUT2D eigenvalue weighted by Crippen LogP contribution is -2.62. The predicted octanol–water partition coefficient (Wildman–Crippen LogP) is 2.87. The standard InChI is InChI=1S/C23H26F3N9O/c1-15(23(24,25)26)32-21(36)34-8-6-33(7-9-34)17-10-22(11-17,3-4-27)35-13-16(12-31-35)19-18-2-5-28-20(18)30-14-29-19/h2,5,12-15,17H,3,6-11H2,1H3,(H,32,36)(H,28,29,30)/t15-,17?,22?/m1/s1. The number of hydrogen-bond donors (Lipinski definition) is 2. The number of alkyl halides is 3. The molecule has 10 nitrogen and oxygen atoms in total. The zero-order valence-electron chi connectivity index (χ0n) is 19.7. The molecule has 5 rings (SSSR count). The molecule has 2 N–H and O–H groups in total. The van der Waals surface area contributed by atoms with E-state index in [1.165, 1.54) is 11.2 Å². The quantitative estimate of drug-likeness (QED) is 0.555. The molecule has 4 heterocycles. The van der Waals surface area contributed by atoms with Crippen LogP contribution in [0.5, 0.6) is 0 Å². The van der Waals surface area contributed by atoms with E-state index in [2.05, 4.69) is 31.0 Å². The highest BCUT2D eigenvalue weighted by atomic mass is 19.4. The van der Waals surface area contributed by atoms with Crippen LogP contribution in [0.4, 0.5) is 18.0 Å². The minimum Gasteiger partial charge on any atom is -0.346 e. The third-order valence-electron chi connectivity index (χ3n) is 7.28. The van der Waals surface area contributed by atoms with E-state index >= 15 is 0 Å². The Labute approximate surface area is 205 Å². The number of nitriles is 1. The predicted molar refractivity (Wildman–Crippen MR) is 124 cm³/mol. The number of hydrogen-bond acceptors (Lipinski definition) is 6. The first-order valence-corrected chi connectivity index (χ1v) is 11.8. The van der Waals surface area contributed by atoms with Crippen LogP contribution < -0.4 is 5.32 Å². The van der Waals surface area contributed by atoms with Crippen molar-refractivity contribution in [1.29, 1.82) is 5.26 Å². The van der Waals surface area contributed by atoms with Gasteiger partial charge in [0.1, 0.15) is 18.0 Å². The van der Waals surface area contributed by atoms with Gasteiger partial charge in [0.05, 0.1) is 29.9 Å². The lowest BCUT2D eigenvalue weighted by Gasteiger charge is -2.52. The Kier molecular flexibility index (Phi) is 6.07. The number of fused-ring (bicyclic) bond motifs is 1. The molecular formula is C23H26F3N9O. The number of carbonyl (C=O) groups excluding carboxylic acids is 1. The summed E-state index contributed by atoms with van der Waals surface area (Å²) in [5.41, 5.74) is 1.92. The number of H-pyrrole nitrogens is 1. The van der Waals surface area contributed by atoms with Crippen LogP contribution in [0.3, 0.4) is 0 Å². The molecule has 1 aliphatic carbocycles. The maximum Gasteiger partial charge on any atom is 0.408 e. The number of nitrogens with zero attached hydrogens (tertiary/aromatic N) is 7. The maximum atomic E-state index is 12.7. The van der Waals surface area contributed by atoms with E-state index < -0.39 is 23.8 Å². The van der Waals surface area contributed by atoms with Gasteiger partial charge in [0.25, 0.3) is 0 Å². The minimum absolute atomic E-state index is 0.209. The molecule has 1 aliphatic heterocycles. The second-order valence-corrected chi connectivity index (χ2v) is 9.49. The number of urea groups is 1. The first-order valence-electron chi connectivity index (χ1n) is 11.8. The van der Waals surface area contributed by atoms with Crippen LogP contribution in [0.25, 0.3) is 22.3 Å². The first kappa shape index (κ1) is 24.1. The molecule has 190 valence electrons. The minimum atomic E-state index is -4.47. The van der Waals surface area contributed by atoms with Crippen molar-refractivity contribution >= 4 is 17.1 Å². The lowest BCUT2D eigenvalue weighted by atomic mass is 9.70. The van der Waals surface area contributed by atoms with Gasteiger partial charge in [0.2, 0.25) is 0 Å². The Bertz CT molecular complexity index is 1280. The second-order valence-electron chi connectivity index (χ2n) is 9.49. The van der Waals surface area contributed by atoms with Crippen molar-refractivity contribution in [1.82, 2.24) is 39.8 Å². The monoisotopic (exact) mass is 501 g/mol. The molecule has 0 aromatic carbocycles. The second kappa shape index (κ2) is 9.09. The van der Waals surface area contributed by atoms with Crippen LogP contribution in [-0.2, 0) is 5.54 Å².